The van der Waals surface area contributed by atoms with E-state index in [0.29, 0.717) is 12.2 Å². The van der Waals surface area contributed by atoms with E-state index in [9.17, 15) is 4.79 Å². The Kier molecular flexibility index (Phi) is 4.79. The van der Waals surface area contributed by atoms with Crippen LogP contribution in [0.15, 0.2) is 35.5 Å². The summed E-state index contributed by atoms with van der Waals surface area (Å²) >= 11 is 3.38. The van der Waals surface area contributed by atoms with E-state index in [4.69, 9.17) is 0 Å². The number of aryl methyl sites for hydroxylation is 1. The van der Waals surface area contributed by atoms with Crippen molar-refractivity contribution in [2.45, 2.75) is 33.5 Å². The first-order valence-corrected chi connectivity index (χ1v) is 8.36. The van der Waals surface area contributed by atoms with Crippen molar-refractivity contribution < 1.29 is 4.79 Å². The van der Waals surface area contributed by atoms with Crippen LogP contribution < -0.4 is 5.32 Å². The number of amides is 1. The van der Waals surface area contributed by atoms with Gasteiger partial charge in [0.15, 0.2) is 0 Å². The van der Waals surface area contributed by atoms with E-state index >= 15 is 0 Å². The molecule has 1 amide bonds. The third kappa shape index (κ3) is 3.73. The zero-order chi connectivity index (χ0) is 17.1. The van der Waals surface area contributed by atoms with Crippen LogP contribution in [0.5, 0.6) is 0 Å². The Bertz CT molecular complexity index is 848. The van der Waals surface area contributed by atoms with Crippen LogP contribution in [0.25, 0.3) is 0 Å². The molecule has 9 heteroatoms. The molecule has 0 aromatic carbocycles. The van der Waals surface area contributed by atoms with Crippen LogP contribution >= 0.6 is 15.9 Å². The molecule has 0 saturated carbocycles. The first kappa shape index (κ1) is 16.4. The summed E-state index contributed by atoms with van der Waals surface area (Å²) in [6.07, 6.45) is 8.91. The molecular formula is C15H18BrN7O. The van der Waals surface area contributed by atoms with Gasteiger partial charge in [-0.3, -0.25) is 18.8 Å². The number of nitrogens with one attached hydrogen (secondary N) is 1. The lowest BCUT2D eigenvalue weighted by atomic mass is 10.4. The zero-order valence-corrected chi connectivity index (χ0v) is 15.1. The fourth-order valence-corrected chi connectivity index (χ4v) is 2.58. The number of rotatable bonds is 6. The van der Waals surface area contributed by atoms with E-state index in [-0.39, 0.29) is 12.5 Å². The third-order valence-corrected chi connectivity index (χ3v) is 4.39. The minimum Gasteiger partial charge on any atom is -0.322 e. The van der Waals surface area contributed by atoms with Crippen molar-refractivity contribution in [2.75, 3.05) is 5.32 Å². The molecular weight excluding hydrogens is 374 g/mol. The molecule has 0 aliphatic heterocycles. The van der Waals surface area contributed by atoms with Gasteiger partial charge in [-0.2, -0.15) is 15.3 Å². The second kappa shape index (κ2) is 7.00. The van der Waals surface area contributed by atoms with Crippen molar-refractivity contribution in [3.05, 3.63) is 46.7 Å². The molecule has 0 saturated heterocycles. The fourth-order valence-electron chi connectivity index (χ4n) is 2.28. The number of nitrogens with zero attached hydrogens (tertiary/aromatic N) is 6. The maximum absolute atomic E-state index is 12.1. The second-order valence-corrected chi connectivity index (χ2v) is 6.27. The molecule has 0 bridgehead atoms. The van der Waals surface area contributed by atoms with Gasteiger partial charge >= 0.3 is 0 Å². The molecule has 0 aliphatic carbocycles. The van der Waals surface area contributed by atoms with Gasteiger partial charge in [0.1, 0.15) is 6.54 Å². The Labute approximate surface area is 147 Å². The van der Waals surface area contributed by atoms with Crippen molar-refractivity contribution in [3.63, 3.8) is 0 Å². The number of hydrogen-bond acceptors (Lipinski definition) is 4. The minimum atomic E-state index is -0.146. The second-order valence-electron chi connectivity index (χ2n) is 5.41. The molecule has 3 aromatic rings. The summed E-state index contributed by atoms with van der Waals surface area (Å²) in [5.41, 5.74) is 2.63. The maximum atomic E-state index is 12.1. The van der Waals surface area contributed by atoms with Crippen LogP contribution in [0.2, 0.25) is 0 Å². The zero-order valence-electron chi connectivity index (χ0n) is 13.5. The van der Waals surface area contributed by atoms with Crippen molar-refractivity contribution in [3.8, 4) is 0 Å². The molecule has 126 valence electrons. The van der Waals surface area contributed by atoms with Crippen LogP contribution in [0.4, 0.5) is 5.69 Å². The molecule has 3 rings (SSSR count). The number of anilines is 1. The van der Waals surface area contributed by atoms with E-state index in [1.54, 1.807) is 28.0 Å². The summed E-state index contributed by atoms with van der Waals surface area (Å²) in [6, 6.07) is 0. The summed E-state index contributed by atoms with van der Waals surface area (Å²) in [5.74, 6) is -0.146. The Balaban J connectivity index is 1.59. The Morgan fingerprint density at radius 1 is 1.17 bits per heavy atom. The maximum Gasteiger partial charge on any atom is 0.246 e. The fraction of sp³-hybridized carbons (Fsp3) is 0.333. The smallest absolute Gasteiger partial charge is 0.246 e. The van der Waals surface area contributed by atoms with Gasteiger partial charge in [0.2, 0.25) is 5.91 Å². The number of hydrogen-bond donors (Lipinski definition) is 1. The van der Waals surface area contributed by atoms with E-state index in [1.807, 2.05) is 30.9 Å². The quantitative estimate of drug-likeness (QED) is 0.696. The highest BCUT2D eigenvalue weighted by Gasteiger charge is 2.10. The number of carbonyl (C=O) groups excluding carboxylic acids is 1. The van der Waals surface area contributed by atoms with Gasteiger partial charge < -0.3 is 5.32 Å². The topological polar surface area (TPSA) is 82.6 Å². The predicted octanol–water partition coefficient (Wildman–Crippen LogP) is 2.05. The lowest BCUT2D eigenvalue weighted by Gasteiger charge is -2.04. The normalized spacial score (nSPS) is 11.0. The highest BCUT2D eigenvalue weighted by molar-refractivity contribution is 9.10. The third-order valence-electron chi connectivity index (χ3n) is 3.61. The van der Waals surface area contributed by atoms with Gasteiger partial charge in [0.05, 0.1) is 41.0 Å². The van der Waals surface area contributed by atoms with Crippen LogP contribution in [-0.4, -0.2) is 35.2 Å². The van der Waals surface area contributed by atoms with E-state index in [2.05, 4.69) is 36.5 Å². The van der Waals surface area contributed by atoms with Crippen molar-refractivity contribution in [1.29, 1.82) is 0 Å². The van der Waals surface area contributed by atoms with Gasteiger partial charge in [-0.1, -0.05) is 0 Å². The Morgan fingerprint density at radius 2 is 1.96 bits per heavy atom. The van der Waals surface area contributed by atoms with Gasteiger partial charge in [-0.25, -0.2) is 0 Å². The molecule has 0 atom stereocenters. The molecule has 0 unspecified atom stereocenters. The van der Waals surface area contributed by atoms with E-state index in [1.165, 1.54) is 0 Å². The van der Waals surface area contributed by atoms with Gasteiger partial charge in [0, 0.05) is 24.5 Å². The minimum absolute atomic E-state index is 0.146. The first-order valence-electron chi connectivity index (χ1n) is 7.56. The predicted molar refractivity (Wildman–Crippen MR) is 92.5 cm³/mol. The molecule has 3 aromatic heterocycles. The van der Waals surface area contributed by atoms with Gasteiger partial charge in [0.25, 0.3) is 0 Å². The highest BCUT2D eigenvalue weighted by atomic mass is 79.9. The molecule has 8 nitrogen and oxygen atoms in total. The molecule has 24 heavy (non-hydrogen) atoms. The van der Waals surface area contributed by atoms with Gasteiger partial charge in [-0.05, 0) is 29.8 Å². The summed E-state index contributed by atoms with van der Waals surface area (Å²) < 4.78 is 6.16. The van der Waals surface area contributed by atoms with Crippen LogP contribution in [0.3, 0.4) is 0 Å². The number of halogens is 1. The summed E-state index contributed by atoms with van der Waals surface area (Å²) in [6.45, 7) is 5.55. The van der Waals surface area contributed by atoms with Crippen molar-refractivity contribution >= 4 is 27.5 Å². The lowest BCUT2D eigenvalue weighted by molar-refractivity contribution is -0.116. The Morgan fingerprint density at radius 3 is 2.62 bits per heavy atom. The average molecular weight is 392 g/mol. The lowest BCUT2D eigenvalue weighted by Crippen LogP contribution is -2.20. The molecule has 0 fully saturated rings. The molecule has 0 aliphatic rings. The largest absolute Gasteiger partial charge is 0.322 e. The summed E-state index contributed by atoms with van der Waals surface area (Å²) in [5, 5.41) is 15.5. The summed E-state index contributed by atoms with van der Waals surface area (Å²) in [7, 11) is 0. The number of carbonyl (C=O) groups is 1. The van der Waals surface area contributed by atoms with Crippen molar-refractivity contribution in [2.24, 2.45) is 0 Å². The standard InChI is InChI=1S/C15H18BrN7O/c1-3-21-7-12(4-17-21)8-22-9-13(5-18-22)20-15(24)10-23-11(2)14(16)6-19-23/h4-7,9H,3,8,10H2,1-2H3,(H,20,24). The SMILES string of the molecule is CCn1cc(Cn2cc(NC(=O)Cn3ncc(Br)c3C)cn2)cn1. The Hall–Kier alpha value is -2.42. The van der Waals surface area contributed by atoms with E-state index in [0.717, 1.165) is 22.3 Å². The average Bonchev–Trinajstić information content (AvgIpc) is 3.26. The van der Waals surface area contributed by atoms with Crippen LogP contribution in [-0.2, 0) is 24.4 Å². The first-order chi connectivity index (χ1) is 11.5. The molecule has 3 heterocycles. The molecule has 1 N–H and O–H groups in total. The molecule has 0 radical (unpaired) electrons. The van der Waals surface area contributed by atoms with Crippen molar-refractivity contribution in [1.82, 2.24) is 29.3 Å². The van der Waals surface area contributed by atoms with Crippen LogP contribution in [0.1, 0.15) is 18.2 Å². The number of aromatic nitrogens is 6. The monoisotopic (exact) mass is 391 g/mol. The molecule has 0 spiro atoms. The highest BCUT2D eigenvalue weighted by Crippen LogP contribution is 2.14. The van der Waals surface area contributed by atoms with Crippen LogP contribution in [0, 0.1) is 6.92 Å². The van der Waals surface area contributed by atoms with E-state index < -0.39 is 0 Å². The van der Waals surface area contributed by atoms with Gasteiger partial charge in [-0.15, -0.1) is 0 Å². The summed E-state index contributed by atoms with van der Waals surface area (Å²) in [4.78, 5) is 12.1.